The summed E-state index contributed by atoms with van der Waals surface area (Å²) in [6.07, 6.45) is -0.581. The van der Waals surface area contributed by atoms with Gasteiger partial charge in [0.25, 0.3) is 0 Å². The van der Waals surface area contributed by atoms with E-state index in [0.717, 1.165) is 11.4 Å². The van der Waals surface area contributed by atoms with E-state index >= 15 is 0 Å². The summed E-state index contributed by atoms with van der Waals surface area (Å²) in [7, 11) is 1.59. The minimum Gasteiger partial charge on any atom is -0.497 e. The van der Waals surface area contributed by atoms with Crippen LogP contribution >= 0.6 is 0 Å². The van der Waals surface area contributed by atoms with Gasteiger partial charge in [0.1, 0.15) is 17.6 Å². The fraction of sp³-hybridized carbons (Fsp3) is 0.300. The topological polar surface area (TPSA) is 77.1 Å². The van der Waals surface area contributed by atoms with E-state index in [4.69, 9.17) is 14.2 Å². The number of ether oxygens (including phenoxy) is 3. The Bertz CT molecular complexity index is 764. The molecule has 0 bridgehead atoms. The molecule has 7 nitrogen and oxygen atoms in total. The molecule has 1 heterocycles. The summed E-state index contributed by atoms with van der Waals surface area (Å²) in [4.78, 5) is 25.5. The number of nitrogens with one attached hydrogen (secondary N) is 1. The van der Waals surface area contributed by atoms with Crippen molar-refractivity contribution in [3.05, 3.63) is 54.6 Å². The van der Waals surface area contributed by atoms with Crippen molar-refractivity contribution in [2.75, 3.05) is 31.7 Å². The number of benzene rings is 2. The van der Waals surface area contributed by atoms with Crippen LogP contribution in [-0.2, 0) is 9.53 Å². The number of rotatable bonds is 8. The summed E-state index contributed by atoms with van der Waals surface area (Å²) < 4.78 is 15.9. The van der Waals surface area contributed by atoms with Crippen LogP contribution in [0.15, 0.2) is 54.6 Å². The van der Waals surface area contributed by atoms with Crippen LogP contribution in [0, 0.1) is 0 Å². The van der Waals surface area contributed by atoms with Crippen molar-refractivity contribution in [3.63, 3.8) is 0 Å². The number of methoxy groups -OCH3 is 1. The zero-order valence-corrected chi connectivity index (χ0v) is 15.1. The van der Waals surface area contributed by atoms with Gasteiger partial charge in [-0.2, -0.15) is 0 Å². The standard InChI is InChI=1S/C20H22N2O5/c1-25-16-9-7-15(8-10-16)22-14-18(27-20(22)24)13-21-19(23)11-12-26-17-5-3-2-4-6-17/h2-10,18H,11-14H2,1H3,(H,21,23). The van der Waals surface area contributed by atoms with Crippen LogP contribution in [-0.4, -0.2) is 44.9 Å². The number of nitrogens with zero attached hydrogens (tertiary/aromatic N) is 1. The molecular weight excluding hydrogens is 348 g/mol. The maximum atomic E-state index is 12.1. The second-order valence-corrected chi connectivity index (χ2v) is 6.03. The Kier molecular flexibility index (Phi) is 6.14. The molecule has 0 radical (unpaired) electrons. The molecule has 2 aromatic rings. The molecule has 0 aromatic heterocycles. The lowest BCUT2D eigenvalue weighted by atomic mass is 10.2. The van der Waals surface area contributed by atoms with Gasteiger partial charge in [-0.25, -0.2) is 4.79 Å². The molecule has 2 amide bonds. The molecule has 1 N–H and O–H groups in total. The molecule has 0 spiro atoms. The molecule has 0 aliphatic carbocycles. The number of hydrogen-bond acceptors (Lipinski definition) is 5. The molecule has 1 fully saturated rings. The Morgan fingerprint density at radius 3 is 2.59 bits per heavy atom. The van der Waals surface area contributed by atoms with Crippen molar-refractivity contribution < 1.29 is 23.8 Å². The third-order valence-electron chi connectivity index (χ3n) is 4.13. The number of anilines is 1. The number of hydrogen-bond donors (Lipinski definition) is 1. The van der Waals surface area contributed by atoms with Gasteiger partial charge >= 0.3 is 6.09 Å². The van der Waals surface area contributed by atoms with Crippen LogP contribution in [0.4, 0.5) is 10.5 Å². The Hall–Kier alpha value is -3.22. The minimum atomic E-state index is -0.424. The van der Waals surface area contributed by atoms with E-state index in [0.29, 0.717) is 12.3 Å². The van der Waals surface area contributed by atoms with Gasteiger partial charge in [-0.05, 0) is 36.4 Å². The lowest BCUT2D eigenvalue weighted by molar-refractivity contribution is -0.121. The zero-order valence-electron chi connectivity index (χ0n) is 15.1. The predicted octanol–water partition coefficient (Wildman–Crippen LogP) is 2.61. The molecule has 142 valence electrons. The van der Waals surface area contributed by atoms with Crippen molar-refractivity contribution in [2.45, 2.75) is 12.5 Å². The average Bonchev–Trinajstić information content (AvgIpc) is 3.08. The number of carbonyl (C=O) groups is 2. The molecule has 1 aliphatic rings. The molecule has 7 heteroatoms. The Morgan fingerprint density at radius 1 is 1.15 bits per heavy atom. The summed E-state index contributed by atoms with van der Waals surface area (Å²) in [5.74, 6) is 1.29. The Balaban J connectivity index is 1.40. The van der Waals surface area contributed by atoms with Crippen LogP contribution in [0.3, 0.4) is 0 Å². The lowest BCUT2D eigenvalue weighted by Gasteiger charge is -2.13. The first-order valence-electron chi connectivity index (χ1n) is 8.72. The minimum absolute atomic E-state index is 0.148. The largest absolute Gasteiger partial charge is 0.497 e. The zero-order chi connectivity index (χ0) is 19.1. The Labute approximate surface area is 157 Å². The SMILES string of the molecule is COc1ccc(N2CC(CNC(=O)CCOc3ccccc3)OC2=O)cc1. The lowest BCUT2D eigenvalue weighted by Crippen LogP contribution is -2.35. The summed E-state index contributed by atoms with van der Waals surface area (Å²) in [6, 6.07) is 16.5. The number of carbonyl (C=O) groups excluding carboxylic acids is 2. The second kappa shape index (κ2) is 8.93. The van der Waals surface area contributed by atoms with E-state index in [1.54, 1.807) is 31.4 Å². The van der Waals surface area contributed by atoms with Gasteiger partial charge in [0.15, 0.2) is 0 Å². The number of amides is 2. The summed E-state index contributed by atoms with van der Waals surface area (Å²) in [5.41, 5.74) is 0.728. The van der Waals surface area contributed by atoms with E-state index in [1.807, 2.05) is 30.3 Å². The monoisotopic (exact) mass is 370 g/mol. The first-order chi connectivity index (χ1) is 13.2. The maximum absolute atomic E-state index is 12.1. The van der Waals surface area contributed by atoms with Crippen molar-refractivity contribution >= 4 is 17.7 Å². The molecule has 1 saturated heterocycles. The van der Waals surface area contributed by atoms with Gasteiger partial charge in [-0.3, -0.25) is 9.69 Å². The molecule has 1 atom stereocenters. The summed E-state index contributed by atoms with van der Waals surface area (Å²) >= 11 is 0. The Morgan fingerprint density at radius 2 is 1.89 bits per heavy atom. The predicted molar refractivity (Wildman–Crippen MR) is 100 cm³/mol. The normalized spacial score (nSPS) is 16.0. The van der Waals surface area contributed by atoms with E-state index < -0.39 is 12.2 Å². The van der Waals surface area contributed by atoms with Crippen molar-refractivity contribution in [3.8, 4) is 11.5 Å². The van der Waals surface area contributed by atoms with E-state index in [-0.39, 0.29) is 25.5 Å². The molecule has 2 aromatic carbocycles. The van der Waals surface area contributed by atoms with Gasteiger partial charge in [0.2, 0.25) is 5.91 Å². The fourth-order valence-electron chi connectivity index (χ4n) is 2.70. The second-order valence-electron chi connectivity index (χ2n) is 6.03. The van der Waals surface area contributed by atoms with Gasteiger partial charge in [0, 0.05) is 5.69 Å². The molecule has 3 rings (SSSR count). The first kappa shape index (κ1) is 18.6. The van der Waals surface area contributed by atoms with E-state index in [2.05, 4.69) is 5.32 Å². The van der Waals surface area contributed by atoms with E-state index in [1.165, 1.54) is 4.90 Å². The quantitative estimate of drug-likeness (QED) is 0.773. The van der Waals surface area contributed by atoms with Crippen molar-refractivity contribution in [1.29, 1.82) is 0 Å². The third-order valence-corrected chi connectivity index (χ3v) is 4.13. The van der Waals surface area contributed by atoms with Gasteiger partial charge in [-0.15, -0.1) is 0 Å². The highest BCUT2D eigenvalue weighted by molar-refractivity contribution is 5.89. The molecular formula is C20H22N2O5. The fourth-order valence-corrected chi connectivity index (χ4v) is 2.70. The van der Waals surface area contributed by atoms with Gasteiger partial charge in [0.05, 0.1) is 33.2 Å². The highest BCUT2D eigenvalue weighted by atomic mass is 16.6. The molecule has 1 unspecified atom stereocenters. The first-order valence-corrected chi connectivity index (χ1v) is 8.72. The number of para-hydroxylation sites is 1. The van der Waals surface area contributed by atoms with Crippen LogP contribution in [0.1, 0.15) is 6.42 Å². The van der Waals surface area contributed by atoms with Crippen LogP contribution in [0.5, 0.6) is 11.5 Å². The van der Waals surface area contributed by atoms with Gasteiger partial charge < -0.3 is 19.5 Å². The third kappa shape index (κ3) is 5.13. The average molecular weight is 370 g/mol. The van der Waals surface area contributed by atoms with Gasteiger partial charge in [-0.1, -0.05) is 18.2 Å². The highest BCUT2D eigenvalue weighted by Gasteiger charge is 2.32. The molecule has 0 saturated carbocycles. The number of cyclic esters (lactones) is 1. The summed E-state index contributed by atoms with van der Waals surface area (Å²) in [6.45, 7) is 0.937. The smallest absolute Gasteiger partial charge is 0.414 e. The van der Waals surface area contributed by atoms with Crippen LogP contribution in [0.2, 0.25) is 0 Å². The molecule has 1 aliphatic heterocycles. The highest BCUT2D eigenvalue weighted by Crippen LogP contribution is 2.23. The van der Waals surface area contributed by atoms with E-state index in [9.17, 15) is 9.59 Å². The maximum Gasteiger partial charge on any atom is 0.414 e. The molecule has 27 heavy (non-hydrogen) atoms. The van der Waals surface area contributed by atoms with Crippen LogP contribution in [0.25, 0.3) is 0 Å². The summed E-state index contributed by atoms with van der Waals surface area (Å²) in [5, 5.41) is 2.78. The van der Waals surface area contributed by atoms with Crippen molar-refractivity contribution in [1.82, 2.24) is 5.32 Å². The van der Waals surface area contributed by atoms with Crippen LogP contribution < -0.4 is 19.7 Å². The van der Waals surface area contributed by atoms with Crippen molar-refractivity contribution in [2.24, 2.45) is 0 Å².